The molecule has 0 aromatic heterocycles. The third kappa shape index (κ3) is 8.02. The predicted octanol–water partition coefficient (Wildman–Crippen LogP) is 5.70. The second-order valence-electron chi connectivity index (χ2n) is 8.26. The standard InChI is InChI=1S/C23H27Cl2FN2O2S/c1-15(22(30)27-23(2,3)4)28(12-16-7-5-8-17(24)11-16)21(29)14-31-13-18-19(25)9-6-10-20(18)26/h5-11,15H,12-14H2,1-4H3,(H,27,30). The van der Waals surface area contributed by atoms with Crippen molar-refractivity contribution in [3.8, 4) is 0 Å². The summed E-state index contributed by atoms with van der Waals surface area (Å²) in [6.07, 6.45) is 0. The van der Waals surface area contributed by atoms with E-state index in [4.69, 9.17) is 23.2 Å². The first-order valence-electron chi connectivity index (χ1n) is 9.84. The summed E-state index contributed by atoms with van der Waals surface area (Å²) in [6, 6.07) is 11.0. The molecule has 1 unspecified atom stereocenters. The van der Waals surface area contributed by atoms with Crippen molar-refractivity contribution in [1.29, 1.82) is 0 Å². The van der Waals surface area contributed by atoms with Crippen LogP contribution < -0.4 is 5.32 Å². The maximum atomic E-state index is 14.0. The SMILES string of the molecule is CC(C(=O)NC(C)(C)C)N(Cc1cccc(Cl)c1)C(=O)CSCc1c(F)cccc1Cl. The van der Waals surface area contributed by atoms with Gasteiger partial charge in [0.25, 0.3) is 0 Å². The van der Waals surface area contributed by atoms with Crippen molar-refractivity contribution >= 4 is 46.8 Å². The number of halogens is 3. The van der Waals surface area contributed by atoms with Crippen LogP contribution in [0.15, 0.2) is 42.5 Å². The van der Waals surface area contributed by atoms with E-state index in [2.05, 4.69) is 5.32 Å². The van der Waals surface area contributed by atoms with Crippen LogP contribution in [0.5, 0.6) is 0 Å². The molecule has 8 heteroatoms. The lowest BCUT2D eigenvalue weighted by atomic mass is 10.1. The fourth-order valence-electron chi connectivity index (χ4n) is 2.88. The molecule has 0 spiro atoms. The maximum Gasteiger partial charge on any atom is 0.242 e. The van der Waals surface area contributed by atoms with Gasteiger partial charge < -0.3 is 10.2 Å². The Kier molecular flexibility index (Phi) is 9.22. The molecule has 0 bridgehead atoms. The normalized spacial score (nSPS) is 12.4. The lowest BCUT2D eigenvalue weighted by Gasteiger charge is -2.31. The molecule has 0 heterocycles. The van der Waals surface area contributed by atoms with Gasteiger partial charge in [0.2, 0.25) is 11.8 Å². The van der Waals surface area contributed by atoms with Gasteiger partial charge in [0, 0.05) is 33.4 Å². The van der Waals surface area contributed by atoms with E-state index in [1.165, 1.54) is 22.7 Å². The Labute approximate surface area is 197 Å². The summed E-state index contributed by atoms with van der Waals surface area (Å²) in [6.45, 7) is 7.58. The molecular weight excluding hydrogens is 458 g/mol. The molecule has 2 rings (SSSR count). The van der Waals surface area contributed by atoms with Gasteiger partial charge in [0.05, 0.1) is 5.75 Å². The molecule has 0 aliphatic rings. The second kappa shape index (κ2) is 11.2. The van der Waals surface area contributed by atoms with Crippen LogP contribution in [-0.2, 0) is 21.9 Å². The summed E-state index contributed by atoms with van der Waals surface area (Å²) >= 11 is 13.4. The number of hydrogen-bond acceptors (Lipinski definition) is 3. The molecule has 2 aromatic rings. The first-order valence-corrected chi connectivity index (χ1v) is 11.8. The summed E-state index contributed by atoms with van der Waals surface area (Å²) < 4.78 is 14.0. The molecule has 0 radical (unpaired) electrons. The zero-order valence-electron chi connectivity index (χ0n) is 18.0. The van der Waals surface area contributed by atoms with E-state index in [0.717, 1.165) is 5.56 Å². The van der Waals surface area contributed by atoms with Gasteiger partial charge in [-0.2, -0.15) is 0 Å². The molecule has 1 N–H and O–H groups in total. The largest absolute Gasteiger partial charge is 0.350 e. The Bertz CT molecular complexity index is 914. The molecule has 31 heavy (non-hydrogen) atoms. The van der Waals surface area contributed by atoms with Gasteiger partial charge >= 0.3 is 0 Å². The molecule has 0 fully saturated rings. The van der Waals surface area contributed by atoms with Gasteiger partial charge in [-0.15, -0.1) is 11.8 Å². The van der Waals surface area contributed by atoms with Crippen molar-refractivity contribution in [3.63, 3.8) is 0 Å². The van der Waals surface area contributed by atoms with Gasteiger partial charge in [-0.1, -0.05) is 41.4 Å². The van der Waals surface area contributed by atoms with E-state index < -0.39 is 17.4 Å². The van der Waals surface area contributed by atoms with Crippen LogP contribution in [-0.4, -0.2) is 34.0 Å². The van der Waals surface area contributed by atoms with Crippen molar-refractivity contribution < 1.29 is 14.0 Å². The van der Waals surface area contributed by atoms with Crippen LogP contribution in [0, 0.1) is 5.82 Å². The third-order valence-electron chi connectivity index (χ3n) is 4.44. The first-order chi connectivity index (χ1) is 14.5. The zero-order chi connectivity index (χ0) is 23.2. The van der Waals surface area contributed by atoms with E-state index >= 15 is 0 Å². The van der Waals surface area contributed by atoms with Gasteiger partial charge in [-0.25, -0.2) is 4.39 Å². The van der Waals surface area contributed by atoms with Crippen LogP contribution in [0.2, 0.25) is 10.0 Å². The van der Waals surface area contributed by atoms with Crippen LogP contribution in [0.25, 0.3) is 0 Å². The fraction of sp³-hybridized carbons (Fsp3) is 0.391. The number of thioether (sulfide) groups is 1. The molecule has 0 aliphatic carbocycles. The van der Waals surface area contributed by atoms with Gasteiger partial charge in [0.1, 0.15) is 11.9 Å². The minimum atomic E-state index is -0.691. The molecule has 2 amide bonds. The number of nitrogens with zero attached hydrogens (tertiary/aromatic N) is 1. The average Bonchev–Trinajstić information content (AvgIpc) is 2.66. The van der Waals surface area contributed by atoms with E-state index in [1.54, 1.807) is 37.3 Å². The van der Waals surface area contributed by atoms with Crippen molar-refractivity contribution in [2.24, 2.45) is 0 Å². The highest BCUT2D eigenvalue weighted by Gasteiger charge is 2.28. The number of hydrogen-bond donors (Lipinski definition) is 1. The number of carbonyl (C=O) groups is 2. The van der Waals surface area contributed by atoms with Crippen molar-refractivity contribution in [1.82, 2.24) is 10.2 Å². The summed E-state index contributed by atoms with van der Waals surface area (Å²) in [5, 5.41) is 3.80. The minimum absolute atomic E-state index is 0.0817. The van der Waals surface area contributed by atoms with Gasteiger partial charge in [0.15, 0.2) is 0 Å². The number of amides is 2. The topological polar surface area (TPSA) is 49.4 Å². The van der Waals surface area contributed by atoms with Crippen molar-refractivity contribution in [3.05, 3.63) is 69.5 Å². The lowest BCUT2D eigenvalue weighted by Crippen LogP contribution is -2.52. The molecule has 1 atom stereocenters. The van der Waals surface area contributed by atoms with Gasteiger partial charge in [-0.05, 0) is 57.5 Å². The summed E-state index contributed by atoms with van der Waals surface area (Å²) in [4.78, 5) is 27.3. The van der Waals surface area contributed by atoms with E-state index in [9.17, 15) is 14.0 Å². The monoisotopic (exact) mass is 484 g/mol. The predicted molar refractivity (Wildman–Crippen MR) is 127 cm³/mol. The highest BCUT2D eigenvalue weighted by atomic mass is 35.5. The number of rotatable bonds is 8. The summed E-state index contributed by atoms with van der Waals surface area (Å²) in [5.74, 6) is -0.538. The molecule has 2 aromatic carbocycles. The summed E-state index contributed by atoms with van der Waals surface area (Å²) in [7, 11) is 0. The minimum Gasteiger partial charge on any atom is -0.350 e. The Balaban J connectivity index is 2.14. The quantitative estimate of drug-likeness (QED) is 0.522. The Morgan fingerprint density at radius 2 is 1.84 bits per heavy atom. The smallest absolute Gasteiger partial charge is 0.242 e. The van der Waals surface area contributed by atoms with Crippen molar-refractivity contribution in [2.75, 3.05) is 5.75 Å². The Morgan fingerprint density at radius 1 is 1.16 bits per heavy atom. The van der Waals surface area contributed by atoms with Crippen LogP contribution in [0.3, 0.4) is 0 Å². The highest BCUT2D eigenvalue weighted by Crippen LogP contribution is 2.24. The third-order valence-corrected chi connectivity index (χ3v) is 5.97. The number of carbonyl (C=O) groups excluding carboxylic acids is 2. The van der Waals surface area contributed by atoms with E-state index in [0.29, 0.717) is 15.6 Å². The zero-order valence-corrected chi connectivity index (χ0v) is 20.4. The number of benzene rings is 2. The van der Waals surface area contributed by atoms with Crippen LogP contribution >= 0.6 is 35.0 Å². The lowest BCUT2D eigenvalue weighted by molar-refractivity contribution is -0.139. The Morgan fingerprint density at radius 3 is 2.45 bits per heavy atom. The number of nitrogens with one attached hydrogen (secondary N) is 1. The molecule has 0 saturated heterocycles. The van der Waals surface area contributed by atoms with Crippen LogP contribution in [0.1, 0.15) is 38.8 Å². The fourth-order valence-corrected chi connectivity index (χ4v) is 4.34. The first kappa shape index (κ1) is 25.5. The van der Waals surface area contributed by atoms with Crippen molar-refractivity contribution in [2.45, 2.75) is 51.6 Å². The molecule has 4 nitrogen and oxygen atoms in total. The molecule has 0 aliphatic heterocycles. The summed E-state index contributed by atoms with van der Waals surface area (Å²) in [5.41, 5.74) is 0.757. The second-order valence-corrected chi connectivity index (χ2v) is 10.1. The maximum absolute atomic E-state index is 14.0. The highest BCUT2D eigenvalue weighted by molar-refractivity contribution is 7.99. The van der Waals surface area contributed by atoms with E-state index in [-0.39, 0.29) is 29.9 Å². The van der Waals surface area contributed by atoms with Gasteiger partial charge in [-0.3, -0.25) is 9.59 Å². The molecule has 168 valence electrons. The van der Waals surface area contributed by atoms with Crippen LogP contribution in [0.4, 0.5) is 4.39 Å². The molecular formula is C23H27Cl2FN2O2S. The Hall–Kier alpha value is -1.76. The molecule has 0 saturated carbocycles. The van der Waals surface area contributed by atoms with E-state index in [1.807, 2.05) is 26.8 Å². The average molecular weight is 485 g/mol.